The Morgan fingerprint density at radius 2 is 2.04 bits per heavy atom. The number of nitrogens with zero attached hydrogens (tertiary/aromatic N) is 1. The number of hydrogen-bond donors (Lipinski definition) is 2. The molecule has 7 nitrogen and oxygen atoms in total. The average molecular weight is 329 g/mol. The molecule has 1 aromatic carbocycles. The predicted octanol–water partition coefficient (Wildman–Crippen LogP) is 0.188. The van der Waals surface area contributed by atoms with Crippen molar-refractivity contribution in [3.63, 3.8) is 0 Å². The van der Waals surface area contributed by atoms with E-state index in [0.717, 1.165) is 25.1 Å². The molecule has 2 fully saturated rings. The van der Waals surface area contributed by atoms with Crippen LogP contribution in [0, 0.1) is 0 Å². The normalized spacial score (nSPS) is 26.5. The monoisotopic (exact) mass is 329 g/mol. The molecule has 0 aromatic heterocycles. The first-order chi connectivity index (χ1) is 11.6. The Kier molecular flexibility index (Phi) is 3.72. The fourth-order valence-corrected chi connectivity index (χ4v) is 3.53. The van der Waals surface area contributed by atoms with Crippen molar-refractivity contribution < 1.29 is 19.1 Å². The van der Waals surface area contributed by atoms with Gasteiger partial charge in [-0.05, 0) is 37.1 Å². The summed E-state index contributed by atoms with van der Waals surface area (Å²) >= 11 is 0. The SMILES string of the molecule is O=C1CCC(N2Cc3ccc(O[C@H]4CCNC4)cc3C2=O)C(=O)N1. The lowest BCUT2D eigenvalue weighted by atomic mass is 10.0. The second-order valence-electron chi connectivity index (χ2n) is 6.45. The number of rotatable bonds is 3. The highest BCUT2D eigenvalue weighted by atomic mass is 16.5. The second kappa shape index (κ2) is 5.90. The molecule has 1 unspecified atom stereocenters. The third kappa shape index (κ3) is 2.65. The van der Waals surface area contributed by atoms with Crippen LogP contribution in [0.25, 0.3) is 0 Å². The molecule has 0 radical (unpaired) electrons. The molecule has 7 heteroatoms. The first kappa shape index (κ1) is 15.1. The van der Waals surface area contributed by atoms with E-state index in [9.17, 15) is 14.4 Å². The van der Waals surface area contributed by atoms with Gasteiger partial charge in [-0.2, -0.15) is 0 Å². The quantitative estimate of drug-likeness (QED) is 0.773. The Bertz CT molecular complexity index is 712. The summed E-state index contributed by atoms with van der Waals surface area (Å²) in [4.78, 5) is 37.6. The van der Waals surface area contributed by atoms with Gasteiger partial charge >= 0.3 is 0 Å². The molecular formula is C17H19N3O4. The van der Waals surface area contributed by atoms with Crippen molar-refractivity contribution in [2.24, 2.45) is 0 Å². The Hall–Kier alpha value is -2.41. The maximum Gasteiger partial charge on any atom is 0.255 e. The van der Waals surface area contributed by atoms with Crippen LogP contribution in [0.3, 0.4) is 0 Å². The lowest BCUT2D eigenvalue weighted by Gasteiger charge is -2.29. The molecule has 3 aliphatic heterocycles. The molecule has 126 valence electrons. The number of benzene rings is 1. The van der Waals surface area contributed by atoms with Crippen molar-refractivity contribution >= 4 is 17.7 Å². The van der Waals surface area contributed by atoms with E-state index < -0.39 is 6.04 Å². The summed E-state index contributed by atoms with van der Waals surface area (Å²) in [6.07, 6.45) is 1.72. The predicted molar refractivity (Wildman–Crippen MR) is 84.4 cm³/mol. The van der Waals surface area contributed by atoms with E-state index in [1.165, 1.54) is 0 Å². The minimum Gasteiger partial charge on any atom is -0.489 e. The van der Waals surface area contributed by atoms with Crippen molar-refractivity contribution in [1.29, 1.82) is 0 Å². The zero-order valence-electron chi connectivity index (χ0n) is 13.2. The van der Waals surface area contributed by atoms with E-state index in [1.54, 1.807) is 11.0 Å². The highest BCUT2D eigenvalue weighted by Crippen LogP contribution is 2.30. The maximum atomic E-state index is 12.7. The molecule has 24 heavy (non-hydrogen) atoms. The molecule has 2 saturated heterocycles. The first-order valence-corrected chi connectivity index (χ1v) is 8.27. The van der Waals surface area contributed by atoms with Crippen LogP contribution in [-0.4, -0.2) is 47.9 Å². The van der Waals surface area contributed by atoms with Gasteiger partial charge in [-0.15, -0.1) is 0 Å². The van der Waals surface area contributed by atoms with Crippen LogP contribution < -0.4 is 15.4 Å². The van der Waals surface area contributed by atoms with E-state index in [1.807, 2.05) is 12.1 Å². The summed E-state index contributed by atoms with van der Waals surface area (Å²) in [5.41, 5.74) is 1.48. The van der Waals surface area contributed by atoms with Gasteiger partial charge in [0.25, 0.3) is 5.91 Å². The van der Waals surface area contributed by atoms with Gasteiger partial charge in [0.1, 0.15) is 17.9 Å². The number of amides is 3. The van der Waals surface area contributed by atoms with Gasteiger partial charge in [-0.1, -0.05) is 6.07 Å². The van der Waals surface area contributed by atoms with Crippen LogP contribution in [0.5, 0.6) is 5.75 Å². The summed E-state index contributed by atoms with van der Waals surface area (Å²) in [5.74, 6) is -0.155. The fraction of sp³-hybridized carbons (Fsp3) is 0.471. The van der Waals surface area contributed by atoms with Crippen molar-refractivity contribution in [2.75, 3.05) is 13.1 Å². The summed E-state index contributed by atoms with van der Waals surface area (Å²) in [6, 6.07) is 4.95. The number of nitrogens with one attached hydrogen (secondary N) is 2. The van der Waals surface area contributed by atoms with Crippen LogP contribution in [0.15, 0.2) is 18.2 Å². The van der Waals surface area contributed by atoms with Crippen LogP contribution in [-0.2, 0) is 16.1 Å². The molecule has 0 spiro atoms. The lowest BCUT2D eigenvalue weighted by molar-refractivity contribution is -0.136. The fourth-order valence-electron chi connectivity index (χ4n) is 3.53. The summed E-state index contributed by atoms with van der Waals surface area (Å²) in [5, 5.41) is 5.55. The van der Waals surface area contributed by atoms with Gasteiger partial charge in [0.2, 0.25) is 11.8 Å². The molecule has 4 rings (SSSR count). The van der Waals surface area contributed by atoms with Gasteiger partial charge in [-0.3, -0.25) is 19.7 Å². The smallest absolute Gasteiger partial charge is 0.255 e. The molecule has 3 aliphatic rings. The molecule has 0 aliphatic carbocycles. The number of fused-ring (bicyclic) bond motifs is 1. The van der Waals surface area contributed by atoms with E-state index in [0.29, 0.717) is 24.3 Å². The summed E-state index contributed by atoms with van der Waals surface area (Å²) in [6.45, 7) is 2.15. The number of hydrogen-bond acceptors (Lipinski definition) is 5. The Labute approximate surface area is 139 Å². The van der Waals surface area contributed by atoms with Crippen LogP contribution >= 0.6 is 0 Å². The third-order valence-electron chi connectivity index (χ3n) is 4.82. The maximum absolute atomic E-state index is 12.7. The Balaban J connectivity index is 1.52. The standard InChI is InChI=1S/C17H19N3O4/c21-15-4-3-14(16(22)19-15)20-9-10-1-2-11(7-13(10)17(20)23)24-12-5-6-18-8-12/h1-2,7,12,14,18H,3-6,8-9H2,(H,19,21,22)/t12-,14?/m0/s1. The molecule has 2 atom stereocenters. The number of carbonyl (C=O) groups excluding carboxylic acids is 3. The second-order valence-corrected chi connectivity index (χ2v) is 6.45. The van der Waals surface area contributed by atoms with Gasteiger partial charge < -0.3 is 15.0 Å². The molecule has 0 bridgehead atoms. The highest BCUT2D eigenvalue weighted by molar-refractivity contribution is 6.05. The Morgan fingerprint density at radius 3 is 2.79 bits per heavy atom. The van der Waals surface area contributed by atoms with E-state index in [4.69, 9.17) is 4.74 Å². The molecule has 3 amide bonds. The largest absolute Gasteiger partial charge is 0.489 e. The summed E-state index contributed by atoms with van der Waals surface area (Å²) in [7, 11) is 0. The Morgan fingerprint density at radius 1 is 1.17 bits per heavy atom. The van der Waals surface area contributed by atoms with Gasteiger partial charge in [0.15, 0.2) is 0 Å². The lowest BCUT2D eigenvalue weighted by Crippen LogP contribution is -2.52. The van der Waals surface area contributed by atoms with E-state index in [-0.39, 0.29) is 30.2 Å². The van der Waals surface area contributed by atoms with E-state index in [2.05, 4.69) is 10.6 Å². The molecule has 1 aromatic rings. The minimum atomic E-state index is -0.578. The number of piperidine rings is 1. The van der Waals surface area contributed by atoms with Gasteiger partial charge in [-0.25, -0.2) is 0 Å². The van der Waals surface area contributed by atoms with Gasteiger partial charge in [0.05, 0.1) is 0 Å². The van der Waals surface area contributed by atoms with Crippen molar-refractivity contribution in [2.45, 2.75) is 38.0 Å². The third-order valence-corrected chi connectivity index (χ3v) is 4.82. The van der Waals surface area contributed by atoms with Crippen LogP contribution in [0.1, 0.15) is 35.2 Å². The number of imide groups is 1. The van der Waals surface area contributed by atoms with Crippen LogP contribution in [0.2, 0.25) is 0 Å². The minimum absolute atomic E-state index is 0.130. The average Bonchev–Trinajstić information content (AvgIpc) is 3.17. The van der Waals surface area contributed by atoms with Gasteiger partial charge in [0, 0.05) is 25.1 Å². The van der Waals surface area contributed by atoms with Crippen molar-refractivity contribution in [3.8, 4) is 5.75 Å². The number of carbonyl (C=O) groups is 3. The first-order valence-electron chi connectivity index (χ1n) is 8.27. The van der Waals surface area contributed by atoms with Crippen LogP contribution in [0.4, 0.5) is 0 Å². The highest BCUT2D eigenvalue weighted by Gasteiger charge is 2.39. The zero-order valence-corrected chi connectivity index (χ0v) is 13.2. The van der Waals surface area contributed by atoms with E-state index >= 15 is 0 Å². The molecule has 2 N–H and O–H groups in total. The topological polar surface area (TPSA) is 87.7 Å². The zero-order chi connectivity index (χ0) is 16.7. The molecule has 3 heterocycles. The summed E-state index contributed by atoms with van der Waals surface area (Å²) < 4.78 is 5.91. The van der Waals surface area contributed by atoms with Crippen molar-refractivity contribution in [3.05, 3.63) is 29.3 Å². The van der Waals surface area contributed by atoms with Crippen molar-refractivity contribution in [1.82, 2.24) is 15.5 Å². The molecule has 0 saturated carbocycles. The number of ether oxygens (including phenoxy) is 1. The molecular weight excluding hydrogens is 310 g/mol.